The van der Waals surface area contributed by atoms with E-state index in [4.69, 9.17) is 0 Å². The molecule has 2 aliphatic rings. The summed E-state index contributed by atoms with van der Waals surface area (Å²) in [7, 11) is 0. The highest BCUT2D eigenvalue weighted by molar-refractivity contribution is 5.84. The van der Waals surface area contributed by atoms with Gasteiger partial charge in [-0.3, -0.25) is 4.79 Å². The van der Waals surface area contributed by atoms with E-state index in [1.807, 2.05) is 0 Å². The summed E-state index contributed by atoms with van der Waals surface area (Å²) in [6.07, 6.45) is 4.55. The Balaban J connectivity index is 1.74. The third-order valence-electron chi connectivity index (χ3n) is 4.10. The van der Waals surface area contributed by atoms with Crippen molar-refractivity contribution in [1.82, 2.24) is 10.2 Å². The molecule has 0 aromatic rings. The van der Waals surface area contributed by atoms with Crippen molar-refractivity contribution in [3.05, 3.63) is 0 Å². The van der Waals surface area contributed by atoms with E-state index >= 15 is 0 Å². The molecule has 1 saturated heterocycles. The van der Waals surface area contributed by atoms with Crippen LogP contribution in [0.15, 0.2) is 0 Å². The Morgan fingerprint density at radius 3 is 2.50 bits per heavy atom. The van der Waals surface area contributed by atoms with Gasteiger partial charge < -0.3 is 10.2 Å². The second-order valence-corrected chi connectivity index (χ2v) is 5.60. The number of carbonyl (C=O) groups is 1. The molecule has 0 bridgehead atoms. The molecular weight excluding hydrogens is 200 g/mol. The van der Waals surface area contributed by atoms with E-state index < -0.39 is 0 Å². The summed E-state index contributed by atoms with van der Waals surface area (Å²) < 4.78 is 0. The molecule has 0 radical (unpaired) electrons. The summed E-state index contributed by atoms with van der Waals surface area (Å²) in [5, 5.41) is 3.40. The highest BCUT2D eigenvalue weighted by Gasteiger charge is 2.47. The topological polar surface area (TPSA) is 32.3 Å². The number of piperidine rings is 1. The lowest BCUT2D eigenvalue weighted by Gasteiger charge is -2.33. The van der Waals surface area contributed by atoms with Gasteiger partial charge in [-0.25, -0.2) is 0 Å². The number of carbonyl (C=O) groups excluding carboxylic acids is 1. The predicted molar refractivity (Wildman–Crippen MR) is 65.2 cm³/mol. The van der Waals surface area contributed by atoms with Crippen LogP contribution in [-0.4, -0.2) is 37.0 Å². The molecule has 2 fully saturated rings. The maximum Gasteiger partial charge on any atom is 0.228 e. The molecule has 1 aliphatic heterocycles. The van der Waals surface area contributed by atoms with E-state index in [-0.39, 0.29) is 5.41 Å². The molecule has 1 N–H and O–H groups in total. The van der Waals surface area contributed by atoms with Crippen LogP contribution < -0.4 is 5.32 Å². The maximum atomic E-state index is 12.1. The Morgan fingerprint density at radius 1 is 1.38 bits per heavy atom. The molecule has 2 rings (SSSR count). The van der Waals surface area contributed by atoms with E-state index in [2.05, 4.69) is 24.1 Å². The Hall–Kier alpha value is -0.570. The molecule has 0 spiro atoms. The van der Waals surface area contributed by atoms with Crippen molar-refractivity contribution in [2.75, 3.05) is 26.2 Å². The molecule has 0 aromatic heterocycles. The Kier molecular flexibility index (Phi) is 3.53. The van der Waals surface area contributed by atoms with E-state index in [9.17, 15) is 4.79 Å². The third-order valence-corrected chi connectivity index (χ3v) is 4.10. The van der Waals surface area contributed by atoms with Gasteiger partial charge in [0.2, 0.25) is 5.91 Å². The van der Waals surface area contributed by atoms with Crippen LogP contribution in [0.5, 0.6) is 0 Å². The first-order valence-corrected chi connectivity index (χ1v) is 6.66. The summed E-state index contributed by atoms with van der Waals surface area (Å²) >= 11 is 0. The van der Waals surface area contributed by atoms with Crippen molar-refractivity contribution in [2.24, 2.45) is 11.3 Å². The number of nitrogens with one attached hydrogen (secondary N) is 1. The van der Waals surface area contributed by atoms with Gasteiger partial charge in [-0.05, 0) is 44.7 Å². The lowest BCUT2D eigenvalue weighted by molar-refractivity contribution is -0.137. The molecule has 0 unspecified atom stereocenters. The molecule has 1 heterocycles. The fraction of sp³-hybridized carbons (Fsp3) is 0.923. The Morgan fingerprint density at radius 2 is 2.00 bits per heavy atom. The lowest BCUT2D eigenvalue weighted by atomic mass is 9.95. The average molecular weight is 224 g/mol. The zero-order valence-corrected chi connectivity index (χ0v) is 10.6. The van der Waals surface area contributed by atoms with Gasteiger partial charge in [0.05, 0.1) is 0 Å². The van der Waals surface area contributed by atoms with E-state index in [0.29, 0.717) is 5.91 Å². The molecule has 16 heavy (non-hydrogen) atoms. The molecular formula is C13H24N2O. The van der Waals surface area contributed by atoms with Crippen LogP contribution in [0.4, 0.5) is 0 Å². The molecule has 1 aliphatic carbocycles. The highest BCUT2D eigenvalue weighted by Crippen LogP contribution is 2.46. The smallest absolute Gasteiger partial charge is 0.228 e. The van der Waals surface area contributed by atoms with Crippen molar-refractivity contribution in [2.45, 2.75) is 39.5 Å². The van der Waals surface area contributed by atoms with E-state index in [1.54, 1.807) is 0 Å². The number of hydrogen-bond donors (Lipinski definition) is 1. The standard InChI is InChI=1S/C13H24N2O/c1-3-14-10-11-4-8-15(9-5-11)12(16)13(2)6-7-13/h11,14H,3-10H2,1-2H3. The van der Waals surface area contributed by atoms with Crippen molar-refractivity contribution >= 4 is 5.91 Å². The molecule has 3 heteroatoms. The van der Waals surface area contributed by atoms with Crippen LogP contribution in [0.1, 0.15) is 39.5 Å². The first-order valence-electron chi connectivity index (χ1n) is 6.66. The SMILES string of the molecule is CCNCC1CCN(C(=O)C2(C)CC2)CC1. The van der Waals surface area contributed by atoms with Crippen LogP contribution in [0.2, 0.25) is 0 Å². The van der Waals surface area contributed by atoms with Crippen LogP contribution in [0.25, 0.3) is 0 Å². The van der Waals surface area contributed by atoms with E-state index in [0.717, 1.165) is 44.9 Å². The first-order chi connectivity index (χ1) is 7.65. The largest absolute Gasteiger partial charge is 0.342 e. The summed E-state index contributed by atoms with van der Waals surface area (Å²) in [6.45, 7) is 8.38. The average Bonchev–Trinajstić information content (AvgIpc) is 3.06. The van der Waals surface area contributed by atoms with Crippen molar-refractivity contribution in [1.29, 1.82) is 0 Å². The summed E-state index contributed by atoms with van der Waals surface area (Å²) in [5.41, 5.74) is 0.0223. The van der Waals surface area contributed by atoms with E-state index in [1.165, 1.54) is 12.8 Å². The van der Waals surface area contributed by atoms with Gasteiger partial charge in [0.15, 0.2) is 0 Å². The van der Waals surface area contributed by atoms with Crippen LogP contribution >= 0.6 is 0 Å². The number of amides is 1. The quantitative estimate of drug-likeness (QED) is 0.787. The second kappa shape index (κ2) is 4.74. The minimum absolute atomic E-state index is 0.0223. The van der Waals surface area contributed by atoms with Gasteiger partial charge in [-0.15, -0.1) is 0 Å². The second-order valence-electron chi connectivity index (χ2n) is 5.60. The third kappa shape index (κ3) is 2.57. The van der Waals surface area contributed by atoms with Crippen LogP contribution in [0.3, 0.4) is 0 Å². The van der Waals surface area contributed by atoms with Crippen molar-refractivity contribution < 1.29 is 4.79 Å². The predicted octanol–water partition coefficient (Wildman–Crippen LogP) is 1.63. The molecule has 92 valence electrons. The molecule has 1 saturated carbocycles. The molecule has 3 nitrogen and oxygen atoms in total. The monoisotopic (exact) mass is 224 g/mol. The van der Waals surface area contributed by atoms with Gasteiger partial charge in [-0.1, -0.05) is 13.8 Å². The minimum atomic E-state index is 0.0223. The van der Waals surface area contributed by atoms with Crippen molar-refractivity contribution in [3.63, 3.8) is 0 Å². The maximum absolute atomic E-state index is 12.1. The number of nitrogens with zero attached hydrogens (tertiary/aromatic N) is 1. The minimum Gasteiger partial charge on any atom is -0.342 e. The van der Waals surface area contributed by atoms with Crippen molar-refractivity contribution in [3.8, 4) is 0 Å². The summed E-state index contributed by atoms with van der Waals surface area (Å²) in [4.78, 5) is 14.2. The van der Waals surface area contributed by atoms with Gasteiger partial charge in [0.1, 0.15) is 0 Å². The fourth-order valence-corrected chi connectivity index (χ4v) is 2.47. The van der Waals surface area contributed by atoms with Gasteiger partial charge in [0, 0.05) is 18.5 Å². The Labute approximate surface area is 98.6 Å². The highest BCUT2D eigenvalue weighted by atomic mass is 16.2. The normalized spacial score (nSPS) is 24.5. The molecule has 1 amide bonds. The zero-order chi connectivity index (χ0) is 11.6. The summed E-state index contributed by atoms with van der Waals surface area (Å²) in [5.74, 6) is 1.19. The summed E-state index contributed by atoms with van der Waals surface area (Å²) in [6, 6.07) is 0. The van der Waals surface area contributed by atoms with Gasteiger partial charge >= 0.3 is 0 Å². The fourth-order valence-electron chi connectivity index (χ4n) is 2.47. The van der Waals surface area contributed by atoms with Crippen LogP contribution in [0, 0.1) is 11.3 Å². The lowest BCUT2D eigenvalue weighted by Crippen LogP contribution is -2.43. The Bertz CT molecular complexity index is 253. The number of hydrogen-bond acceptors (Lipinski definition) is 2. The molecule has 0 atom stereocenters. The zero-order valence-electron chi connectivity index (χ0n) is 10.6. The van der Waals surface area contributed by atoms with Crippen LogP contribution in [-0.2, 0) is 4.79 Å². The number of likely N-dealkylation sites (tertiary alicyclic amines) is 1. The van der Waals surface area contributed by atoms with Gasteiger partial charge in [0.25, 0.3) is 0 Å². The molecule has 0 aromatic carbocycles. The number of rotatable bonds is 4. The first kappa shape index (κ1) is 11.9. The van der Waals surface area contributed by atoms with Gasteiger partial charge in [-0.2, -0.15) is 0 Å².